The zero-order chi connectivity index (χ0) is 10.9. The molecule has 0 bridgehead atoms. The monoisotopic (exact) mass is 210 g/mol. The summed E-state index contributed by atoms with van der Waals surface area (Å²) < 4.78 is 5.31. The van der Waals surface area contributed by atoms with Crippen LogP contribution in [0.25, 0.3) is 0 Å². The van der Waals surface area contributed by atoms with Crippen LogP contribution in [0.4, 0.5) is 5.95 Å². The third kappa shape index (κ3) is 1.84. The molecule has 0 radical (unpaired) electrons. The molecule has 1 unspecified atom stereocenters. The fraction of sp³-hybridized carbons (Fsp3) is 0.800. The van der Waals surface area contributed by atoms with Crippen molar-refractivity contribution in [2.45, 2.75) is 32.2 Å². The van der Waals surface area contributed by atoms with Crippen molar-refractivity contribution >= 4 is 5.95 Å². The van der Waals surface area contributed by atoms with Gasteiger partial charge in [0.15, 0.2) is 0 Å². The Bertz CT molecular complexity index is 330. The molecule has 0 aromatic carbocycles. The molecule has 2 rings (SSSR count). The third-order valence-electron chi connectivity index (χ3n) is 3.07. The summed E-state index contributed by atoms with van der Waals surface area (Å²) in [5.74, 6) is 1.37. The third-order valence-corrected chi connectivity index (χ3v) is 3.07. The molecule has 2 heterocycles. The Morgan fingerprint density at radius 2 is 2.40 bits per heavy atom. The van der Waals surface area contributed by atoms with Gasteiger partial charge in [-0.2, -0.15) is 4.98 Å². The summed E-state index contributed by atoms with van der Waals surface area (Å²) >= 11 is 0. The number of hydrogen-bond acceptors (Lipinski definition) is 5. The quantitative estimate of drug-likeness (QED) is 0.810. The molecule has 0 saturated carbocycles. The van der Waals surface area contributed by atoms with Gasteiger partial charge in [0.2, 0.25) is 5.89 Å². The van der Waals surface area contributed by atoms with E-state index in [1.807, 2.05) is 11.9 Å². The normalized spacial score (nSPS) is 25.8. The van der Waals surface area contributed by atoms with Crippen LogP contribution in [-0.4, -0.2) is 30.3 Å². The predicted molar refractivity (Wildman–Crippen MR) is 57.8 cm³/mol. The van der Waals surface area contributed by atoms with Crippen molar-refractivity contribution < 1.29 is 4.52 Å². The minimum Gasteiger partial charge on any atom is -0.342 e. The van der Waals surface area contributed by atoms with Crippen molar-refractivity contribution in [1.82, 2.24) is 15.5 Å². The Kier molecular flexibility index (Phi) is 2.65. The van der Waals surface area contributed by atoms with E-state index >= 15 is 0 Å². The Hall–Kier alpha value is -1.10. The molecule has 5 nitrogen and oxygen atoms in total. The average molecular weight is 210 g/mol. The van der Waals surface area contributed by atoms with Gasteiger partial charge in [0, 0.05) is 13.6 Å². The lowest BCUT2D eigenvalue weighted by Crippen LogP contribution is -2.33. The van der Waals surface area contributed by atoms with Crippen molar-refractivity contribution in [2.75, 3.05) is 25.0 Å². The topological polar surface area (TPSA) is 54.2 Å². The average Bonchev–Trinajstić information content (AvgIpc) is 2.85. The van der Waals surface area contributed by atoms with Crippen molar-refractivity contribution in [3.63, 3.8) is 0 Å². The van der Waals surface area contributed by atoms with Crippen LogP contribution in [0.15, 0.2) is 4.52 Å². The van der Waals surface area contributed by atoms with Gasteiger partial charge in [-0.3, -0.25) is 0 Å². The van der Waals surface area contributed by atoms with Crippen LogP contribution in [0.2, 0.25) is 0 Å². The summed E-state index contributed by atoms with van der Waals surface area (Å²) in [6.45, 7) is 6.08. The van der Waals surface area contributed by atoms with E-state index in [-0.39, 0.29) is 5.54 Å². The first-order valence-corrected chi connectivity index (χ1v) is 5.46. The molecule has 5 heteroatoms. The number of nitrogens with one attached hydrogen (secondary N) is 1. The van der Waals surface area contributed by atoms with Crippen molar-refractivity contribution in [3.05, 3.63) is 5.89 Å². The largest absolute Gasteiger partial charge is 0.342 e. The number of hydrogen-bond donors (Lipinski definition) is 1. The molecule has 1 fully saturated rings. The Labute approximate surface area is 89.8 Å². The van der Waals surface area contributed by atoms with Gasteiger partial charge in [0.05, 0.1) is 5.54 Å². The molecule has 0 aliphatic carbocycles. The van der Waals surface area contributed by atoms with Gasteiger partial charge in [-0.25, -0.2) is 0 Å². The van der Waals surface area contributed by atoms with Crippen LogP contribution < -0.4 is 10.2 Å². The van der Waals surface area contributed by atoms with E-state index in [1.165, 1.54) is 0 Å². The van der Waals surface area contributed by atoms with Crippen molar-refractivity contribution in [3.8, 4) is 0 Å². The maximum absolute atomic E-state index is 5.31. The summed E-state index contributed by atoms with van der Waals surface area (Å²) in [7, 11) is 1.96. The predicted octanol–water partition coefficient (Wildman–Crippen LogP) is 1.12. The smallest absolute Gasteiger partial charge is 0.265 e. The second-order valence-electron chi connectivity index (χ2n) is 4.28. The molecule has 1 aromatic heterocycles. The van der Waals surface area contributed by atoms with Gasteiger partial charge in [-0.05, 0) is 38.4 Å². The Morgan fingerprint density at radius 3 is 3.00 bits per heavy atom. The van der Waals surface area contributed by atoms with Crippen LogP contribution in [-0.2, 0) is 5.54 Å². The van der Waals surface area contributed by atoms with E-state index in [9.17, 15) is 0 Å². The highest BCUT2D eigenvalue weighted by molar-refractivity contribution is 5.26. The van der Waals surface area contributed by atoms with E-state index in [0.717, 1.165) is 25.9 Å². The molecular weight excluding hydrogens is 192 g/mol. The molecule has 1 aliphatic heterocycles. The summed E-state index contributed by atoms with van der Waals surface area (Å²) in [5, 5.41) is 7.38. The molecule has 1 aromatic rings. The fourth-order valence-corrected chi connectivity index (χ4v) is 1.81. The first-order chi connectivity index (χ1) is 7.15. The summed E-state index contributed by atoms with van der Waals surface area (Å²) in [6, 6.07) is 0. The Morgan fingerprint density at radius 1 is 1.60 bits per heavy atom. The number of nitrogens with zero attached hydrogens (tertiary/aromatic N) is 3. The van der Waals surface area contributed by atoms with E-state index in [4.69, 9.17) is 4.52 Å². The summed E-state index contributed by atoms with van der Waals surface area (Å²) in [5.41, 5.74) is -0.125. The zero-order valence-corrected chi connectivity index (χ0v) is 9.58. The van der Waals surface area contributed by atoms with Crippen molar-refractivity contribution in [1.29, 1.82) is 0 Å². The van der Waals surface area contributed by atoms with Gasteiger partial charge >= 0.3 is 0 Å². The highest BCUT2D eigenvalue weighted by Gasteiger charge is 2.35. The molecule has 1 saturated heterocycles. The summed E-state index contributed by atoms with van der Waals surface area (Å²) in [4.78, 5) is 6.38. The van der Waals surface area contributed by atoms with Gasteiger partial charge in [-0.1, -0.05) is 0 Å². The van der Waals surface area contributed by atoms with Crippen LogP contribution >= 0.6 is 0 Å². The lowest BCUT2D eigenvalue weighted by atomic mass is 10.0. The SMILES string of the molecule is CCN(C)c1noc(C2(C)CCCN2)n1. The highest BCUT2D eigenvalue weighted by atomic mass is 16.5. The number of aromatic nitrogens is 2. The fourth-order valence-electron chi connectivity index (χ4n) is 1.81. The second kappa shape index (κ2) is 3.81. The number of rotatable bonds is 3. The van der Waals surface area contributed by atoms with Gasteiger partial charge < -0.3 is 14.7 Å². The molecule has 0 spiro atoms. The second-order valence-corrected chi connectivity index (χ2v) is 4.28. The van der Waals surface area contributed by atoms with E-state index in [2.05, 4.69) is 29.3 Å². The van der Waals surface area contributed by atoms with Gasteiger partial charge in [-0.15, -0.1) is 0 Å². The molecule has 0 amide bonds. The highest BCUT2D eigenvalue weighted by Crippen LogP contribution is 2.29. The Balaban J connectivity index is 2.19. The first-order valence-electron chi connectivity index (χ1n) is 5.46. The van der Waals surface area contributed by atoms with Crippen LogP contribution in [0.5, 0.6) is 0 Å². The van der Waals surface area contributed by atoms with Gasteiger partial charge in [0.25, 0.3) is 5.95 Å². The molecule has 1 N–H and O–H groups in total. The lowest BCUT2D eigenvalue weighted by Gasteiger charge is -2.18. The van der Waals surface area contributed by atoms with E-state index in [0.29, 0.717) is 11.8 Å². The van der Waals surface area contributed by atoms with E-state index < -0.39 is 0 Å². The van der Waals surface area contributed by atoms with Crippen LogP contribution in [0.3, 0.4) is 0 Å². The molecular formula is C10H18N4O. The molecule has 15 heavy (non-hydrogen) atoms. The van der Waals surface area contributed by atoms with Crippen molar-refractivity contribution in [2.24, 2.45) is 0 Å². The number of anilines is 1. The minimum absolute atomic E-state index is 0.125. The summed E-state index contributed by atoms with van der Waals surface area (Å²) in [6.07, 6.45) is 2.22. The maximum Gasteiger partial charge on any atom is 0.265 e. The van der Waals surface area contributed by atoms with Crippen LogP contribution in [0, 0.1) is 0 Å². The minimum atomic E-state index is -0.125. The van der Waals surface area contributed by atoms with Gasteiger partial charge in [0.1, 0.15) is 0 Å². The first kappa shape index (κ1) is 10.4. The standard InChI is InChI=1S/C10H18N4O/c1-4-14(3)9-12-8(15-13-9)10(2)6-5-7-11-10/h11H,4-7H2,1-3H3. The van der Waals surface area contributed by atoms with Crippen LogP contribution in [0.1, 0.15) is 32.6 Å². The van der Waals surface area contributed by atoms with E-state index in [1.54, 1.807) is 0 Å². The lowest BCUT2D eigenvalue weighted by molar-refractivity contribution is 0.275. The molecule has 1 aliphatic rings. The molecule has 1 atom stereocenters. The maximum atomic E-state index is 5.31. The molecule has 84 valence electrons. The zero-order valence-electron chi connectivity index (χ0n) is 9.58.